The lowest BCUT2D eigenvalue weighted by Gasteiger charge is -2.42. The highest BCUT2D eigenvalue weighted by Gasteiger charge is 2.36. The largest absolute Gasteiger partial charge is 0.421 e. The molecule has 3 fully saturated rings. The second-order valence-electron chi connectivity index (χ2n) is 13.1. The van der Waals surface area contributed by atoms with Gasteiger partial charge in [0.25, 0.3) is 0 Å². The molecule has 2 aliphatic heterocycles. The number of piperazine rings is 1. The van der Waals surface area contributed by atoms with E-state index in [1.165, 1.54) is 11.3 Å². The molecule has 2 aromatic rings. The molecular formula is C36H57F3N8O. The maximum absolute atomic E-state index is 13.9. The molecule has 12 heteroatoms. The summed E-state index contributed by atoms with van der Waals surface area (Å²) in [5.41, 5.74) is 2.32. The molecular weight excluding hydrogens is 617 g/mol. The summed E-state index contributed by atoms with van der Waals surface area (Å²) in [5, 5.41) is 6.12. The Bertz CT molecular complexity index is 1290. The summed E-state index contributed by atoms with van der Waals surface area (Å²) in [4.78, 5) is 30.1. The Morgan fingerprint density at radius 3 is 2.31 bits per heavy atom. The highest BCUT2D eigenvalue weighted by atomic mass is 19.4. The summed E-state index contributed by atoms with van der Waals surface area (Å²) in [6.45, 7) is 16.0. The summed E-state index contributed by atoms with van der Waals surface area (Å²) in [6.07, 6.45) is 3.36. The van der Waals surface area contributed by atoms with Gasteiger partial charge in [-0.25, -0.2) is 4.98 Å². The number of likely N-dealkylation sites (N-methyl/N-ethyl adjacent to an activating group) is 1. The van der Waals surface area contributed by atoms with E-state index in [0.29, 0.717) is 37.9 Å². The molecule has 3 aliphatic rings. The number of halogens is 3. The third-order valence-electron chi connectivity index (χ3n) is 9.48. The van der Waals surface area contributed by atoms with Crippen LogP contribution in [0.4, 0.5) is 36.3 Å². The van der Waals surface area contributed by atoms with Crippen LogP contribution in [0.25, 0.3) is 0 Å². The lowest BCUT2D eigenvalue weighted by molar-refractivity contribution is -0.137. The smallest absolute Gasteiger partial charge is 0.371 e. The predicted molar refractivity (Wildman–Crippen MR) is 189 cm³/mol. The number of amides is 1. The van der Waals surface area contributed by atoms with Crippen LogP contribution in [0.3, 0.4) is 0 Å². The molecule has 1 saturated carbocycles. The number of alkyl halides is 3. The average Bonchev–Trinajstić information content (AvgIpc) is 3.93. The number of piperidine rings is 1. The molecule has 2 N–H and O–H groups in total. The van der Waals surface area contributed by atoms with Crippen LogP contribution in [0, 0.1) is 0 Å². The van der Waals surface area contributed by atoms with E-state index in [0.717, 1.165) is 89.7 Å². The summed E-state index contributed by atoms with van der Waals surface area (Å²) >= 11 is 0. The molecule has 0 bridgehead atoms. The Labute approximate surface area is 285 Å². The first-order chi connectivity index (χ1) is 23.2. The fourth-order valence-electron chi connectivity index (χ4n) is 6.65. The van der Waals surface area contributed by atoms with E-state index in [2.05, 4.69) is 54.5 Å². The molecule has 0 spiro atoms. The molecule has 5 rings (SSSR count). The van der Waals surface area contributed by atoms with Crippen molar-refractivity contribution in [2.24, 2.45) is 0 Å². The van der Waals surface area contributed by atoms with Crippen molar-refractivity contribution in [3.8, 4) is 0 Å². The minimum atomic E-state index is -4.59. The topological polar surface area (TPSA) is 79.9 Å². The summed E-state index contributed by atoms with van der Waals surface area (Å²) in [5.74, 6) is 0.393. The lowest BCUT2D eigenvalue weighted by Crippen LogP contribution is -2.52. The molecule has 1 amide bonds. The first kappa shape index (κ1) is 37.7. The number of hydrogen-bond donors (Lipinski definition) is 2. The number of rotatable bonds is 14. The number of anilines is 4. The number of benzene rings is 1. The third-order valence-corrected chi connectivity index (χ3v) is 9.48. The quantitative estimate of drug-likeness (QED) is 0.204. The number of carbonyl (C=O) groups excluding carboxylic acids is 1. The van der Waals surface area contributed by atoms with Crippen molar-refractivity contribution in [2.45, 2.75) is 97.2 Å². The highest BCUT2D eigenvalue weighted by molar-refractivity contribution is 5.76. The van der Waals surface area contributed by atoms with Gasteiger partial charge in [0.2, 0.25) is 11.9 Å². The molecule has 1 aromatic carbocycles. The fourth-order valence-corrected chi connectivity index (χ4v) is 6.65. The van der Waals surface area contributed by atoms with Crippen LogP contribution in [0.2, 0.25) is 0 Å². The molecule has 1 aliphatic carbocycles. The van der Waals surface area contributed by atoms with E-state index in [9.17, 15) is 18.0 Å². The Morgan fingerprint density at radius 2 is 1.69 bits per heavy atom. The first-order valence-electron chi connectivity index (χ1n) is 18.2. The third kappa shape index (κ3) is 10.4. The van der Waals surface area contributed by atoms with Gasteiger partial charge in [-0.2, -0.15) is 18.2 Å². The maximum atomic E-state index is 13.9. The van der Waals surface area contributed by atoms with Gasteiger partial charge in [0.1, 0.15) is 11.4 Å². The number of nitrogens with one attached hydrogen (secondary N) is 2. The van der Waals surface area contributed by atoms with Crippen LogP contribution in [0.15, 0.2) is 24.4 Å². The SMILES string of the molecule is CC.CCCC(=O)N(CCC)CCCNc1nc(Nc2ccc(N3CCC(N4CCN(C)CC4)CC3)cc2C2CC2)ncc1C(F)(F)F. The van der Waals surface area contributed by atoms with Crippen LogP contribution in [0.5, 0.6) is 0 Å². The van der Waals surface area contributed by atoms with Gasteiger partial charge < -0.3 is 25.3 Å². The molecule has 3 heterocycles. The standard InChI is InChI=1S/C34H51F3N8O.C2H6/c1-4-7-31(46)45(15-5-2)16-6-14-38-32-29(34(35,36)37)24-39-33(41-32)40-30-11-10-27(23-28(30)25-8-9-25)43-17-12-26(13-18-43)44-21-19-42(3)20-22-44;1-2/h10-11,23-26H,4-9,12-22H2,1-3H3,(H2,38,39,40,41);1-2H3. The van der Waals surface area contributed by atoms with E-state index in [1.54, 1.807) is 4.90 Å². The van der Waals surface area contributed by atoms with Crippen molar-refractivity contribution >= 4 is 29.0 Å². The van der Waals surface area contributed by atoms with E-state index in [4.69, 9.17) is 0 Å². The Balaban J connectivity index is 0.00000255. The van der Waals surface area contributed by atoms with Gasteiger partial charge in [0.15, 0.2) is 0 Å². The molecule has 9 nitrogen and oxygen atoms in total. The van der Waals surface area contributed by atoms with Gasteiger partial charge in [-0.15, -0.1) is 0 Å². The van der Waals surface area contributed by atoms with Gasteiger partial charge in [0, 0.05) is 88.9 Å². The van der Waals surface area contributed by atoms with Crippen molar-refractivity contribution in [3.05, 3.63) is 35.5 Å². The molecule has 0 unspecified atom stereocenters. The summed E-state index contributed by atoms with van der Waals surface area (Å²) in [6, 6.07) is 7.03. The van der Waals surface area contributed by atoms with Crippen molar-refractivity contribution in [1.29, 1.82) is 0 Å². The van der Waals surface area contributed by atoms with Crippen LogP contribution >= 0.6 is 0 Å². The minimum absolute atomic E-state index is 0.0847. The van der Waals surface area contributed by atoms with E-state index in [-0.39, 0.29) is 24.2 Å². The van der Waals surface area contributed by atoms with Crippen molar-refractivity contribution < 1.29 is 18.0 Å². The van der Waals surface area contributed by atoms with E-state index < -0.39 is 11.7 Å². The second-order valence-corrected chi connectivity index (χ2v) is 13.1. The van der Waals surface area contributed by atoms with Crippen LogP contribution in [-0.2, 0) is 11.0 Å². The number of hydrogen-bond acceptors (Lipinski definition) is 8. The summed E-state index contributed by atoms with van der Waals surface area (Å²) < 4.78 is 41.6. The molecule has 2 saturated heterocycles. The number of aromatic nitrogens is 2. The van der Waals surface area contributed by atoms with Gasteiger partial charge in [-0.05, 0) is 81.7 Å². The van der Waals surface area contributed by atoms with Gasteiger partial charge in [-0.1, -0.05) is 27.7 Å². The van der Waals surface area contributed by atoms with E-state index >= 15 is 0 Å². The maximum Gasteiger partial charge on any atom is 0.421 e. The normalized spacial score (nSPS) is 17.9. The lowest BCUT2D eigenvalue weighted by atomic mass is 10.0. The van der Waals surface area contributed by atoms with Gasteiger partial charge in [-0.3, -0.25) is 9.69 Å². The Morgan fingerprint density at radius 1 is 0.979 bits per heavy atom. The number of carbonyl (C=O) groups is 1. The molecule has 1 aromatic heterocycles. The van der Waals surface area contributed by atoms with Crippen LogP contribution < -0.4 is 15.5 Å². The second kappa shape index (κ2) is 18.0. The van der Waals surface area contributed by atoms with Gasteiger partial charge >= 0.3 is 6.18 Å². The Kier molecular flexibility index (Phi) is 14.2. The molecule has 0 radical (unpaired) electrons. The van der Waals surface area contributed by atoms with Crippen LogP contribution in [0.1, 0.15) is 96.1 Å². The van der Waals surface area contributed by atoms with Crippen LogP contribution in [-0.4, -0.2) is 103 Å². The number of nitrogens with zero attached hydrogens (tertiary/aromatic N) is 6. The summed E-state index contributed by atoms with van der Waals surface area (Å²) in [7, 11) is 2.19. The zero-order valence-corrected chi connectivity index (χ0v) is 29.7. The fraction of sp³-hybridized carbons (Fsp3) is 0.694. The van der Waals surface area contributed by atoms with E-state index in [1.807, 2.05) is 33.8 Å². The zero-order chi connectivity index (χ0) is 34.7. The molecule has 0 atom stereocenters. The molecule has 268 valence electrons. The monoisotopic (exact) mass is 674 g/mol. The average molecular weight is 675 g/mol. The predicted octanol–water partition coefficient (Wildman–Crippen LogP) is 7.20. The first-order valence-corrected chi connectivity index (χ1v) is 18.2. The van der Waals surface area contributed by atoms with Crippen molar-refractivity contribution in [3.63, 3.8) is 0 Å². The van der Waals surface area contributed by atoms with Crippen molar-refractivity contribution in [1.82, 2.24) is 24.7 Å². The van der Waals surface area contributed by atoms with Gasteiger partial charge in [0.05, 0.1) is 0 Å². The minimum Gasteiger partial charge on any atom is -0.371 e. The zero-order valence-electron chi connectivity index (χ0n) is 29.7. The highest BCUT2D eigenvalue weighted by Crippen LogP contribution is 2.45. The molecule has 48 heavy (non-hydrogen) atoms. The Hall–Kier alpha value is -3.12. The van der Waals surface area contributed by atoms with Crippen molar-refractivity contribution in [2.75, 3.05) is 81.5 Å².